The van der Waals surface area contributed by atoms with Gasteiger partial charge in [0.2, 0.25) is 5.89 Å². The number of nitrogens with zero attached hydrogens (tertiary/aromatic N) is 2. The molecule has 1 aliphatic rings. The molecule has 0 unspecified atom stereocenters. The van der Waals surface area contributed by atoms with Crippen molar-refractivity contribution in [2.45, 2.75) is 32.2 Å². The smallest absolute Gasteiger partial charge is 0.292 e. The molecule has 3 rings (SSSR count). The molecular formula is C15H18N4O2. The minimum atomic E-state index is -0.251. The highest BCUT2D eigenvalue weighted by molar-refractivity contribution is 5.90. The van der Waals surface area contributed by atoms with Gasteiger partial charge in [-0.05, 0) is 31.4 Å². The first kappa shape index (κ1) is 13.6. The highest BCUT2D eigenvalue weighted by atomic mass is 16.5. The lowest BCUT2D eigenvalue weighted by Crippen LogP contribution is -2.26. The number of amides is 1. The average Bonchev–Trinajstić information content (AvgIpc) is 3.16. The fraction of sp³-hybridized carbons (Fsp3) is 0.400. The van der Waals surface area contributed by atoms with Gasteiger partial charge in [-0.15, -0.1) is 0 Å². The van der Waals surface area contributed by atoms with Crippen LogP contribution in [0.3, 0.4) is 0 Å². The molecule has 1 fully saturated rings. The molecule has 1 saturated carbocycles. The summed E-state index contributed by atoms with van der Waals surface area (Å²) in [5.74, 6) is 0.337. The van der Waals surface area contributed by atoms with Crippen LogP contribution in [0.2, 0.25) is 0 Å². The molecule has 0 atom stereocenters. The Morgan fingerprint density at radius 1 is 1.38 bits per heavy atom. The number of para-hydroxylation sites is 1. The van der Waals surface area contributed by atoms with E-state index < -0.39 is 0 Å². The highest BCUT2D eigenvalue weighted by Gasteiger charge is 2.25. The molecule has 6 nitrogen and oxygen atoms in total. The Kier molecular flexibility index (Phi) is 3.85. The molecule has 1 aromatic carbocycles. The number of aromatic nitrogens is 2. The number of benzene rings is 1. The van der Waals surface area contributed by atoms with E-state index in [0.29, 0.717) is 24.9 Å². The molecule has 21 heavy (non-hydrogen) atoms. The summed E-state index contributed by atoms with van der Waals surface area (Å²) in [5.41, 5.74) is 2.27. The number of nitrogens with one attached hydrogen (secondary N) is 2. The number of carbonyl (C=O) groups excluding carboxylic acids is 1. The van der Waals surface area contributed by atoms with Crippen LogP contribution in [0.1, 0.15) is 34.9 Å². The minimum absolute atomic E-state index is 0.118. The van der Waals surface area contributed by atoms with E-state index in [1.807, 2.05) is 18.2 Å². The third-order valence-electron chi connectivity index (χ3n) is 3.38. The van der Waals surface area contributed by atoms with E-state index >= 15 is 0 Å². The largest absolute Gasteiger partial charge is 0.384 e. The van der Waals surface area contributed by atoms with Crippen molar-refractivity contribution < 1.29 is 9.32 Å². The van der Waals surface area contributed by atoms with Crippen molar-refractivity contribution in [1.29, 1.82) is 0 Å². The zero-order valence-corrected chi connectivity index (χ0v) is 11.9. The van der Waals surface area contributed by atoms with Crippen LogP contribution in [-0.4, -0.2) is 28.6 Å². The maximum absolute atomic E-state index is 11.7. The van der Waals surface area contributed by atoms with Gasteiger partial charge in [-0.3, -0.25) is 4.79 Å². The molecule has 1 aliphatic carbocycles. The van der Waals surface area contributed by atoms with Gasteiger partial charge in [-0.25, -0.2) is 0 Å². The summed E-state index contributed by atoms with van der Waals surface area (Å²) in [4.78, 5) is 15.9. The van der Waals surface area contributed by atoms with Gasteiger partial charge in [0.05, 0.1) is 0 Å². The Morgan fingerprint density at radius 2 is 2.19 bits per heavy atom. The van der Waals surface area contributed by atoms with Crippen LogP contribution >= 0.6 is 0 Å². The molecule has 1 amide bonds. The minimum Gasteiger partial charge on any atom is -0.384 e. The molecule has 0 radical (unpaired) electrons. The second-order valence-corrected chi connectivity index (χ2v) is 5.25. The van der Waals surface area contributed by atoms with Crippen LogP contribution < -0.4 is 10.6 Å². The van der Waals surface area contributed by atoms with Crippen molar-refractivity contribution in [3.63, 3.8) is 0 Å². The van der Waals surface area contributed by atoms with Crippen LogP contribution in [-0.2, 0) is 6.42 Å². The van der Waals surface area contributed by atoms with Crippen molar-refractivity contribution in [1.82, 2.24) is 15.5 Å². The van der Waals surface area contributed by atoms with Crippen molar-refractivity contribution in [3.8, 4) is 0 Å². The Bertz CT molecular complexity index is 634. The second kappa shape index (κ2) is 5.95. The predicted octanol–water partition coefficient (Wildman–Crippen LogP) is 1.92. The summed E-state index contributed by atoms with van der Waals surface area (Å²) >= 11 is 0. The monoisotopic (exact) mass is 286 g/mol. The van der Waals surface area contributed by atoms with Crippen LogP contribution in [0.15, 0.2) is 28.8 Å². The van der Waals surface area contributed by atoms with Crippen LogP contribution in [0.4, 0.5) is 5.69 Å². The van der Waals surface area contributed by atoms with Gasteiger partial charge >= 0.3 is 0 Å². The molecule has 2 aromatic rings. The SMILES string of the molecule is Cc1ccccc1NCCc1nc(C(=O)NC2CC2)no1. The lowest BCUT2D eigenvalue weighted by atomic mass is 10.2. The molecule has 0 saturated heterocycles. The standard InChI is InChI=1S/C15H18N4O2/c1-10-4-2-3-5-12(10)16-9-8-13-18-14(19-21-13)15(20)17-11-6-7-11/h2-5,11,16H,6-9H2,1H3,(H,17,20). The normalized spacial score (nSPS) is 14.0. The van der Waals surface area contributed by atoms with E-state index in [4.69, 9.17) is 4.52 Å². The van der Waals surface area contributed by atoms with Gasteiger partial charge in [-0.2, -0.15) is 4.98 Å². The molecule has 6 heteroatoms. The van der Waals surface area contributed by atoms with Crippen LogP contribution in [0.25, 0.3) is 0 Å². The summed E-state index contributed by atoms with van der Waals surface area (Å²) in [6.45, 7) is 2.73. The fourth-order valence-corrected chi connectivity index (χ4v) is 2.00. The molecule has 2 N–H and O–H groups in total. The predicted molar refractivity (Wildman–Crippen MR) is 78.2 cm³/mol. The Labute approximate surface area is 122 Å². The van der Waals surface area contributed by atoms with Gasteiger partial charge < -0.3 is 15.2 Å². The number of rotatable bonds is 6. The molecule has 1 aromatic heterocycles. The molecule has 0 aliphatic heterocycles. The van der Waals surface area contributed by atoms with E-state index in [-0.39, 0.29) is 11.7 Å². The lowest BCUT2D eigenvalue weighted by molar-refractivity contribution is 0.0937. The quantitative estimate of drug-likeness (QED) is 0.848. The summed E-state index contributed by atoms with van der Waals surface area (Å²) in [5, 5.41) is 9.86. The van der Waals surface area contributed by atoms with Crippen LogP contribution in [0.5, 0.6) is 0 Å². The fourth-order valence-electron chi connectivity index (χ4n) is 2.00. The zero-order valence-electron chi connectivity index (χ0n) is 11.9. The van der Waals surface area contributed by atoms with Gasteiger partial charge in [0, 0.05) is 24.7 Å². The van der Waals surface area contributed by atoms with Crippen molar-refractivity contribution >= 4 is 11.6 Å². The van der Waals surface area contributed by atoms with Crippen LogP contribution in [0, 0.1) is 6.92 Å². The first-order chi connectivity index (χ1) is 10.2. The van der Waals surface area contributed by atoms with E-state index in [1.54, 1.807) is 0 Å². The van der Waals surface area contributed by atoms with Gasteiger partial charge in [0.1, 0.15) is 0 Å². The highest BCUT2D eigenvalue weighted by Crippen LogP contribution is 2.19. The van der Waals surface area contributed by atoms with Gasteiger partial charge in [0.25, 0.3) is 11.7 Å². The third-order valence-corrected chi connectivity index (χ3v) is 3.38. The lowest BCUT2D eigenvalue weighted by Gasteiger charge is -2.07. The van der Waals surface area contributed by atoms with E-state index in [2.05, 4.69) is 33.8 Å². The Balaban J connectivity index is 1.50. The summed E-state index contributed by atoms with van der Waals surface area (Å²) < 4.78 is 5.09. The molecule has 110 valence electrons. The average molecular weight is 286 g/mol. The summed E-state index contributed by atoms with van der Waals surface area (Å²) in [7, 11) is 0. The third kappa shape index (κ3) is 3.59. The maximum Gasteiger partial charge on any atom is 0.292 e. The summed E-state index contributed by atoms with van der Waals surface area (Å²) in [6, 6.07) is 8.36. The second-order valence-electron chi connectivity index (χ2n) is 5.25. The number of hydrogen-bond donors (Lipinski definition) is 2. The zero-order chi connectivity index (χ0) is 14.7. The topological polar surface area (TPSA) is 80.0 Å². The first-order valence-corrected chi connectivity index (χ1v) is 7.15. The molecule has 1 heterocycles. The number of aryl methyl sites for hydroxylation is 1. The van der Waals surface area contributed by atoms with E-state index in [9.17, 15) is 4.79 Å². The van der Waals surface area contributed by atoms with E-state index in [1.165, 1.54) is 5.56 Å². The van der Waals surface area contributed by atoms with E-state index in [0.717, 1.165) is 18.5 Å². The van der Waals surface area contributed by atoms with Crippen molar-refractivity contribution in [3.05, 3.63) is 41.5 Å². The molecule has 0 bridgehead atoms. The van der Waals surface area contributed by atoms with Crippen molar-refractivity contribution in [2.75, 3.05) is 11.9 Å². The van der Waals surface area contributed by atoms with Gasteiger partial charge in [0.15, 0.2) is 0 Å². The Morgan fingerprint density at radius 3 is 2.95 bits per heavy atom. The first-order valence-electron chi connectivity index (χ1n) is 7.15. The molecule has 0 spiro atoms. The van der Waals surface area contributed by atoms with Gasteiger partial charge in [-0.1, -0.05) is 23.4 Å². The Hall–Kier alpha value is -2.37. The summed E-state index contributed by atoms with van der Waals surface area (Å²) in [6.07, 6.45) is 2.66. The molecular weight excluding hydrogens is 268 g/mol. The van der Waals surface area contributed by atoms with Crippen molar-refractivity contribution in [2.24, 2.45) is 0 Å². The number of carbonyl (C=O) groups is 1. The maximum atomic E-state index is 11.7. The number of anilines is 1. The number of hydrogen-bond acceptors (Lipinski definition) is 5.